The van der Waals surface area contributed by atoms with Gasteiger partial charge in [-0.15, -0.1) is 0 Å². The predicted octanol–water partition coefficient (Wildman–Crippen LogP) is 13.7. The Bertz CT molecular complexity index is 3840. The SMILES string of the molecule is c1ccc(-c2nc3ccccc3nc2-n2c3ccccc3c3c(-n4c5ccccc5c5c6c7ccccc7n(-c7cccc8ccccc78)c6ccc54)cccc32)cc1. The van der Waals surface area contributed by atoms with Crippen LogP contribution in [0.15, 0.2) is 200 Å². The zero-order chi connectivity index (χ0) is 38.6. The fourth-order valence-electron chi connectivity index (χ4n) is 9.79. The highest BCUT2D eigenvalue weighted by Gasteiger charge is 2.25. The minimum absolute atomic E-state index is 0.809. The number of benzene rings is 9. The van der Waals surface area contributed by atoms with Crippen molar-refractivity contribution in [1.29, 1.82) is 0 Å². The van der Waals surface area contributed by atoms with E-state index in [1.807, 2.05) is 24.3 Å². The Morgan fingerprint density at radius 2 is 0.746 bits per heavy atom. The number of para-hydroxylation sites is 5. The van der Waals surface area contributed by atoms with E-state index >= 15 is 0 Å². The maximum Gasteiger partial charge on any atom is 0.165 e. The van der Waals surface area contributed by atoms with E-state index in [1.54, 1.807) is 0 Å². The molecule has 274 valence electrons. The second-order valence-corrected chi connectivity index (χ2v) is 15.3. The van der Waals surface area contributed by atoms with Gasteiger partial charge in [-0.1, -0.05) is 140 Å². The molecular weight excluding hydrogens is 719 g/mol. The van der Waals surface area contributed by atoms with Crippen molar-refractivity contribution in [2.24, 2.45) is 0 Å². The van der Waals surface area contributed by atoms with Crippen molar-refractivity contribution in [1.82, 2.24) is 23.7 Å². The maximum atomic E-state index is 5.39. The summed E-state index contributed by atoms with van der Waals surface area (Å²) in [5.74, 6) is 0.809. The van der Waals surface area contributed by atoms with Gasteiger partial charge in [0.15, 0.2) is 5.82 Å². The molecule has 0 unspecified atom stereocenters. The molecule has 0 aliphatic rings. The number of hydrogen-bond donors (Lipinski definition) is 0. The second kappa shape index (κ2) is 12.2. The molecule has 5 heteroatoms. The molecule has 5 nitrogen and oxygen atoms in total. The van der Waals surface area contributed by atoms with Crippen LogP contribution in [-0.4, -0.2) is 23.7 Å². The molecule has 59 heavy (non-hydrogen) atoms. The standard InChI is InChI=1S/C54H33N5/c1-2-17-35(18-3-1)53-54(56-41-25-10-9-24-40(41)55-53)59-45-28-13-6-21-37(45)50-46(30-15-31-47(50)59)58-44-27-12-8-23-39(44)52-49(58)33-32-48-51(52)38-22-7-11-26-43(38)57(48)42-29-14-19-34-16-4-5-20-36(34)42/h1-33H. The molecule has 0 saturated carbocycles. The topological polar surface area (TPSA) is 40.6 Å². The molecule has 13 rings (SSSR count). The fraction of sp³-hybridized carbons (Fsp3) is 0. The van der Waals surface area contributed by atoms with Gasteiger partial charge in [0.1, 0.15) is 5.69 Å². The number of rotatable bonds is 4. The summed E-state index contributed by atoms with van der Waals surface area (Å²) in [6, 6.07) is 71.7. The van der Waals surface area contributed by atoms with E-state index in [1.165, 1.54) is 54.6 Å². The summed E-state index contributed by atoms with van der Waals surface area (Å²) in [6.45, 7) is 0. The summed E-state index contributed by atoms with van der Waals surface area (Å²) in [5.41, 5.74) is 12.8. The molecule has 0 N–H and O–H groups in total. The Hall–Kier alpha value is -8.02. The van der Waals surface area contributed by atoms with Gasteiger partial charge in [-0.2, -0.15) is 0 Å². The van der Waals surface area contributed by atoms with E-state index in [2.05, 4.69) is 190 Å². The molecule has 0 radical (unpaired) electrons. The number of aromatic nitrogens is 5. The van der Waals surface area contributed by atoms with Gasteiger partial charge in [0, 0.05) is 43.3 Å². The minimum atomic E-state index is 0.809. The van der Waals surface area contributed by atoms with Gasteiger partial charge in [-0.3, -0.25) is 4.57 Å². The van der Waals surface area contributed by atoms with E-state index < -0.39 is 0 Å². The van der Waals surface area contributed by atoms with Crippen LogP contribution in [0.5, 0.6) is 0 Å². The third kappa shape index (κ3) is 4.50. The fourth-order valence-corrected chi connectivity index (χ4v) is 9.79. The molecule has 0 atom stereocenters. The van der Waals surface area contributed by atoms with Crippen LogP contribution in [0, 0.1) is 0 Å². The van der Waals surface area contributed by atoms with Crippen molar-refractivity contribution in [3.8, 4) is 28.5 Å². The summed E-state index contributed by atoms with van der Waals surface area (Å²) < 4.78 is 7.26. The Kier molecular flexibility index (Phi) is 6.66. The van der Waals surface area contributed by atoms with Crippen molar-refractivity contribution >= 4 is 87.2 Å². The molecule has 4 heterocycles. The summed E-state index contributed by atoms with van der Waals surface area (Å²) in [4.78, 5) is 10.7. The highest BCUT2D eigenvalue weighted by atomic mass is 15.1. The van der Waals surface area contributed by atoms with Crippen molar-refractivity contribution in [3.63, 3.8) is 0 Å². The van der Waals surface area contributed by atoms with Crippen molar-refractivity contribution in [3.05, 3.63) is 200 Å². The third-order valence-electron chi connectivity index (χ3n) is 12.2. The minimum Gasteiger partial charge on any atom is -0.309 e. The summed E-state index contributed by atoms with van der Waals surface area (Å²) in [5, 5.41) is 9.75. The van der Waals surface area contributed by atoms with Crippen LogP contribution < -0.4 is 0 Å². The van der Waals surface area contributed by atoms with Crippen molar-refractivity contribution in [2.75, 3.05) is 0 Å². The first-order chi connectivity index (χ1) is 29.3. The van der Waals surface area contributed by atoms with Crippen LogP contribution in [0.3, 0.4) is 0 Å². The highest BCUT2D eigenvalue weighted by molar-refractivity contribution is 6.29. The summed E-state index contributed by atoms with van der Waals surface area (Å²) in [7, 11) is 0. The van der Waals surface area contributed by atoms with Gasteiger partial charge >= 0.3 is 0 Å². The molecule has 13 aromatic rings. The Labute approximate surface area is 338 Å². The number of hydrogen-bond acceptors (Lipinski definition) is 2. The molecule has 0 aliphatic heterocycles. The normalized spacial score (nSPS) is 12.1. The quantitative estimate of drug-likeness (QED) is 0.180. The van der Waals surface area contributed by atoms with Gasteiger partial charge in [-0.05, 0) is 66.0 Å². The number of fused-ring (bicyclic) bond motifs is 12. The van der Waals surface area contributed by atoms with Crippen LogP contribution in [0.4, 0.5) is 0 Å². The van der Waals surface area contributed by atoms with Gasteiger partial charge in [0.2, 0.25) is 0 Å². The molecule has 4 aromatic heterocycles. The lowest BCUT2D eigenvalue weighted by molar-refractivity contribution is 1.08. The average Bonchev–Trinajstić information content (AvgIpc) is 3.94. The van der Waals surface area contributed by atoms with E-state index in [0.29, 0.717) is 0 Å². The first-order valence-electron chi connectivity index (χ1n) is 20.1. The van der Waals surface area contributed by atoms with Crippen molar-refractivity contribution in [2.45, 2.75) is 0 Å². The molecular formula is C54H33N5. The third-order valence-corrected chi connectivity index (χ3v) is 12.2. The first-order valence-corrected chi connectivity index (χ1v) is 20.1. The lowest BCUT2D eigenvalue weighted by Crippen LogP contribution is -2.04. The molecule has 0 amide bonds. The predicted molar refractivity (Wildman–Crippen MR) is 245 cm³/mol. The van der Waals surface area contributed by atoms with Crippen LogP contribution in [0.2, 0.25) is 0 Å². The molecule has 0 fully saturated rings. The van der Waals surface area contributed by atoms with Crippen LogP contribution in [0.1, 0.15) is 0 Å². The molecule has 0 aliphatic carbocycles. The van der Waals surface area contributed by atoms with Crippen LogP contribution >= 0.6 is 0 Å². The van der Waals surface area contributed by atoms with E-state index in [9.17, 15) is 0 Å². The van der Waals surface area contributed by atoms with Gasteiger partial charge in [0.05, 0.1) is 55.5 Å². The maximum absolute atomic E-state index is 5.39. The van der Waals surface area contributed by atoms with E-state index in [4.69, 9.17) is 9.97 Å². The lowest BCUT2D eigenvalue weighted by Gasteiger charge is -2.14. The number of nitrogens with zero attached hydrogens (tertiary/aromatic N) is 5. The average molecular weight is 752 g/mol. The van der Waals surface area contributed by atoms with Crippen molar-refractivity contribution < 1.29 is 0 Å². The highest BCUT2D eigenvalue weighted by Crippen LogP contribution is 2.45. The summed E-state index contributed by atoms with van der Waals surface area (Å²) in [6.07, 6.45) is 0. The lowest BCUT2D eigenvalue weighted by atomic mass is 10.1. The van der Waals surface area contributed by atoms with Gasteiger partial charge in [0.25, 0.3) is 0 Å². The first kappa shape index (κ1) is 32.1. The summed E-state index contributed by atoms with van der Waals surface area (Å²) >= 11 is 0. The monoisotopic (exact) mass is 751 g/mol. The molecule has 0 bridgehead atoms. The Morgan fingerprint density at radius 1 is 0.288 bits per heavy atom. The second-order valence-electron chi connectivity index (χ2n) is 15.3. The Balaban J connectivity index is 1.15. The van der Waals surface area contributed by atoms with E-state index in [0.717, 1.165) is 61.1 Å². The Morgan fingerprint density at radius 3 is 1.44 bits per heavy atom. The zero-order valence-electron chi connectivity index (χ0n) is 31.8. The zero-order valence-corrected chi connectivity index (χ0v) is 31.8. The van der Waals surface area contributed by atoms with Gasteiger partial charge in [-0.25, -0.2) is 9.97 Å². The smallest absolute Gasteiger partial charge is 0.165 e. The molecule has 9 aromatic carbocycles. The van der Waals surface area contributed by atoms with Crippen LogP contribution in [-0.2, 0) is 0 Å². The molecule has 0 saturated heterocycles. The largest absolute Gasteiger partial charge is 0.309 e. The molecule has 0 spiro atoms. The van der Waals surface area contributed by atoms with E-state index in [-0.39, 0.29) is 0 Å². The van der Waals surface area contributed by atoms with Crippen LogP contribution in [0.25, 0.3) is 116 Å². The van der Waals surface area contributed by atoms with Gasteiger partial charge < -0.3 is 9.13 Å².